The van der Waals surface area contributed by atoms with Gasteiger partial charge in [0, 0.05) is 12.0 Å². The van der Waals surface area contributed by atoms with Gasteiger partial charge >= 0.3 is 0 Å². The summed E-state index contributed by atoms with van der Waals surface area (Å²) in [5.41, 5.74) is 3.64. The summed E-state index contributed by atoms with van der Waals surface area (Å²) in [6.07, 6.45) is 0.0180. The van der Waals surface area contributed by atoms with Gasteiger partial charge in [0.25, 0.3) is 0 Å². The quantitative estimate of drug-likeness (QED) is 0.798. The molecule has 3 heteroatoms. The Morgan fingerprint density at radius 1 is 1.10 bits per heavy atom. The van der Waals surface area contributed by atoms with Crippen LogP contribution in [0.2, 0.25) is 0 Å². The average molecular weight is 265 g/mol. The van der Waals surface area contributed by atoms with Gasteiger partial charge in [-0.15, -0.1) is 0 Å². The third kappa shape index (κ3) is 2.48. The molecule has 1 heterocycles. The topological polar surface area (TPSA) is 38.7 Å². The second-order valence-electron chi connectivity index (χ2n) is 4.93. The first-order valence-electron chi connectivity index (χ1n) is 6.63. The van der Waals surface area contributed by atoms with Crippen LogP contribution < -0.4 is 0 Å². The molecule has 1 unspecified atom stereocenters. The zero-order valence-electron chi connectivity index (χ0n) is 11.2. The standard InChI is InChI=1S/C17H15NO2/c1-12-7-9-14(10-8-12)17(19)16-11-15(18-20-16)13-5-3-2-4-6-13/h2-10,16H,11H2,1H3. The number of carbonyl (C=O) groups is 1. The van der Waals surface area contributed by atoms with Gasteiger partial charge in [-0.2, -0.15) is 0 Å². The second-order valence-corrected chi connectivity index (χ2v) is 4.93. The monoisotopic (exact) mass is 265 g/mol. The molecule has 0 N–H and O–H groups in total. The summed E-state index contributed by atoms with van der Waals surface area (Å²) in [4.78, 5) is 17.6. The summed E-state index contributed by atoms with van der Waals surface area (Å²) in [5.74, 6) is -0.0142. The highest BCUT2D eigenvalue weighted by molar-refractivity contribution is 6.08. The van der Waals surface area contributed by atoms with E-state index in [4.69, 9.17) is 4.84 Å². The van der Waals surface area contributed by atoms with Gasteiger partial charge in [-0.05, 0) is 12.5 Å². The Labute approximate surface area is 117 Å². The first kappa shape index (κ1) is 12.6. The first-order chi connectivity index (χ1) is 9.74. The fourth-order valence-corrected chi connectivity index (χ4v) is 2.22. The maximum atomic E-state index is 12.3. The lowest BCUT2D eigenvalue weighted by Gasteiger charge is -2.07. The van der Waals surface area contributed by atoms with Gasteiger partial charge in [0.15, 0.2) is 6.10 Å². The molecule has 0 radical (unpaired) electrons. The predicted octanol–water partition coefficient (Wildman–Crippen LogP) is 3.37. The average Bonchev–Trinajstić information content (AvgIpc) is 2.98. The number of aryl methyl sites for hydroxylation is 1. The Kier molecular flexibility index (Phi) is 3.33. The number of nitrogens with zero attached hydrogens (tertiary/aromatic N) is 1. The predicted molar refractivity (Wildman–Crippen MR) is 78.0 cm³/mol. The van der Waals surface area contributed by atoms with E-state index < -0.39 is 6.10 Å². The van der Waals surface area contributed by atoms with Crippen molar-refractivity contribution in [3.05, 3.63) is 71.3 Å². The van der Waals surface area contributed by atoms with E-state index in [-0.39, 0.29) is 5.78 Å². The molecular formula is C17H15NO2. The van der Waals surface area contributed by atoms with Crippen molar-refractivity contribution >= 4 is 11.5 Å². The van der Waals surface area contributed by atoms with Crippen molar-refractivity contribution in [3.8, 4) is 0 Å². The first-order valence-corrected chi connectivity index (χ1v) is 6.63. The number of oxime groups is 1. The minimum Gasteiger partial charge on any atom is -0.383 e. The maximum absolute atomic E-state index is 12.3. The Morgan fingerprint density at radius 2 is 1.80 bits per heavy atom. The van der Waals surface area contributed by atoms with Crippen LogP contribution in [0.4, 0.5) is 0 Å². The van der Waals surface area contributed by atoms with Gasteiger partial charge < -0.3 is 4.84 Å². The molecule has 0 spiro atoms. The summed E-state index contributed by atoms with van der Waals surface area (Å²) in [7, 11) is 0. The van der Waals surface area contributed by atoms with Crippen molar-refractivity contribution in [2.24, 2.45) is 5.16 Å². The minimum atomic E-state index is -0.507. The third-order valence-corrected chi connectivity index (χ3v) is 3.40. The molecule has 3 nitrogen and oxygen atoms in total. The lowest BCUT2D eigenvalue weighted by Crippen LogP contribution is -2.21. The van der Waals surface area contributed by atoms with Gasteiger partial charge in [0.05, 0.1) is 5.71 Å². The zero-order valence-corrected chi connectivity index (χ0v) is 11.2. The number of hydrogen-bond acceptors (Lipinski definition) is 3. The Balaban J connectivity index is 1.73. The molecule has 0 saturated heterocycles. The van der Waals surface area contributed by atoms with Crippen LogP contribution in [0.3, 0.4) is 0 Å². The van der Waals surface area contributed by atoms with Gasteiger partial charge in [-0.1, -0.05) is 65.3 Å². The summed E-state index contributed by atoms with van der Waals surface area (Å²) < 4.78 is 0. The summed E-state index contributed by atoms with van der Waals surface area (Å²) in [6.45, 7) is 2.00. The Hall–Kier alpha value is -2.42. The molecule has 1 aliphatic heterocycles. The second kappa shape index (κ2) is 5.29. The summed E-state index contributed by atoms with van der Waals surface area (Å²) in [6, 6.07) is 17.3. The molecule has 0 amide bonds. The fraction of sp³-hybridized carbons (Fsp3) is 0.176. The van der Waals surface area contributed by atoms with Crippen LogP contribution in [0.1, 0.15) is 27.9 Å². The van der Waals surface area contributed by atoms with Crippen molar-refractivity contribution in [1.82, 2.24) is 0 Å². The Morgan fingerprint density at radius 3 is 2.50 bits per heavy atom. The maximum Gasteiger partial charge on any atom is 0.206 e. The molecule has 0 bridgehead atoms. The van der Waals surface area contributed by atoms with E-state index in [9.17, 15) is 4.79 Å². The van der Waals surface area contributed by atoms with Gasteiger partial charge in [0.1, 0.15) is 0 Å². The van der Waals surface area contributed by atoms with E-state index in [1.165, 1.54) is 0 Å². The van der Waals surface area contributed by atoms with Crippen molar-refractivity contribution in [3.63, 3.8) is 0 Å². The highest BCUT2D eigenvalue weighted by Gasteiger charge is 2.29. The van der Waals surface area contributed by atoms with Gasteiger partial charge in [0.2, 0.25) is 5.78 Å². The van der Waals surface area contributed by atoms with Gasteiger partial charge in [-0.25, -0.2) is 0 Å². The number of benzene rings is 2. The van der Waals surface area contributed by atoms with E-state index in [0.717, 1.165) is 16.8 Å². The third-order valence-electron chi connectivity index (χ3n) is 3.40. The number of ketones is 1. The molecule has 2 aromatic rings. The lowest BCUT2D eigenvalue weighted by atomic mass is 9.99. The van der Waals surface area contributed by atoms with E-state index >= 15 is 0 Å². The zero-order chi connectivity index (χ0) is 13.9. The van der Waals surface area contributed by atoms with Crippen LogP contribution in [-0.2, 0) is 4.84 Å². The van der Waals surface area contributed by atoms with Crippen LogP contribution in [0.15, 0.2) is 59.8 Å². The van der Waals surface area contributed by atoms with E-state index in [1.807, 2.05) is 61.5 Å². The molecule has 0 fully saturated rings. The smallest absolute Gasteiger partial charge is 0.206 e. The Bertz CT molecular complexity index is 644. The molecule has 2 aromatic carbocycles. The van der Waals surface area contributed by atoms with Crippen LogP contribution in [-0.4, -0.2) is 17.6 Å². The van der Waals surface area contributed by atoms with Crippen LogP contribution in [0.25, 0.3) is 0 Å². The van der Waals surface area contributed by atoms with Crippen molar-refractivity contribution in [2.45, 2.75) is 19.4 Å². The molecule has 20 heavy (non-hydrogen) atoms. The molecule has 1 atom stereocenters. The number of Topliss-reactive ketones (excluding diaryl/α,β-unsaturated/α-hetero) is 1. The number of rotatable bonds is 3. The molecule has 3 rings (SSSR count). The van der Waals surface area contributed by atoms with Gasteiger partial charge in [-0.3, -0.25) is 4.79 Å². The molecule has 100 valence electrons. The van der Waals surface area contributed by atoms with Crippen LogP contribution >= 0.6 is 0 Å². The molecule has 0 aliphatic carbocycles. The van der Waals surface area contributed by atoms with Crippen molar-refractivity contribution in [2.75, 3.05) is 0 Å². The van der Waals surface area contributed by atoms with E-state index in [2.05, 4.69) is 5.16 Å². The van der Waals surface area contributed by atoms with Crippen molar-refractivity contribution in [1.29, 1.82) is 0 Å². The normalized spacial score (nSPS) is 17.4. The van der Waals surface area contributed by atoms with E-state index in [0.29, 0.717) is 12.0 Å². The number of carbonyl (C=O) groups excluding carboxylic acids is 1. The SMILES string of the molecule is Cc1ccc(C(=O)C2CC(c3ccccc3)=NO2)cc1. The van der Waals surface area contributed by atoms with Crippen LogP contribution in [0.5, 0.6) is 0 Å². The van der Waals surface area contributed by atoms with E-state index in [1.54, 1.807) is 0 Å². The summed E-state index contributed by atoms with van der Waals surface area (Å²) >= 11 is 0. The fourth-order valence-electron chi connectivity index (χ4n) is 2.22. The highest BCUT2D eigenvalue weighted by atomic mass is 16.6. The molecular weight excluding hydrogens is 250 g/mol. The lowest BCUT2D eigenvalue weighted by molar-refractivity contribution is 0.0556. The largest absolute Gasteiger partial charge is 0.383 e. The van der Waals surface area contributed by atoms with Crippen molar-refractivity contribution < 1.29 is 9.63 Å². The summed E-state index contributed by atoms with van der Waals surface area (Å²) in [5, 5.41) is 4.05. The molecule has 1 aliphatic rings. The van der Waals surface area contributed by atoms with Crippen LogP contribution in [0, 0.1) is 6.92 Å². The minimum absolute atomic E-state index is 0.0142. The number of hydrogen-bond donors (Lipinski definition) is 0. The molecule has 0 aromatic heterocycles. The molecule has 0 saturated carbocycles. The highest BCUT2D eigenvalue weighted by Crippen LogP contribution is 2.20.